The van der Waals surface area contributed by atoms with Crippen molar-refractivity contribution in [2.45, 2.75) is 13.0 Å². The summed E-state index contributed by atoms with van der Waals surface area (Å²) < 4.78 is 0. The molecule has 0 amide bonds. The lowest BCUT2D eigenvalue weighted by Crippen LogP contribution is -2.25. The van der Waals surface area contributed by atoms with Crippen molar-refractivity contribution in [3.63, 3.8) is 0 Å². The molecule has 112 valence electrons. The van der Waals surface area contributed by atoms with Crippen molar-refractivity contribution in [3.8, 4) is 0 Å². The van der Waals surface area contributed by atoms with E-state index in [1.165, 1.54) is 0 Å². The van der Waals surface area contributed by atoms with Crippen molar-refractivity contribution in [1.82, 2.24) is 19.9 Å². The Bertz CT molecular complexity index is 772. The number of aromatic nitrogens is 4. The highest BCUT2D eigenvalue weighted by molar-refractivity contribution is 5.79. The molecule has 0 radical (unpaired) electrons. The second kappa shape index (κ2) is 6.31. The fourth-order valence-electron chi connectivity index (χ4n) is 1.95. The van der Waals surface area contributed by atoms with Crippen LogP contribution in [0.4, 0.5) is 17.5 Å². The van der Waals surface area contributed by atoms with Gasteiger partial charge in [-0.1, -0.05) is 0 Å². The zero-order valence-corrected chi connectivity index (χ0v) is 12.2. The van der Waals surface area contributed by atoms with Gasteiger partial charge in [0.05, 0.1) is 11.0 Å². The Morgan fingerprint density at radius 3 is 2.68 bits per heavy atom. The third-order valence-corrected chi connectivity index (χ3v) is 2.98. The molecular weight excluding hydrogens is 278 g/mol. The largest absolute Gasteiger partial charge is 0.353 e. The number of nitrogens with two attached hydrogens (primary N) is 1. The van der Waals surface area contributed by atoms with Gasteiger partial charge in [0.1, 0.15) is 5.82 Å². The minimum Gasteiger partial charge on any atom is -0.353 e. The van der Waals surface area contributed by atoms with Gasteiger partial charge in [-0.05, 0) is 31.2 Å². The molecule has 0 unspecified atom stereocenters. The van der Waals surface area contributed by atoms with Crippen LogP contribution < -0.4 is 16.4 Å². The van der Waals surface area contributed by atoms with Crippen molar-refractivity contribution < 1.29 is 0 Å². The van der Waals surface area contributed by atoms with Gasteiger partial charge < -0.3 is 16.4 Å². The topological polar surface area (TPSA) is 102 Å². The standard InChI is InChI=1S/C15H17N7/c1-10(16)9-20-15-19-5-4-14(22-15)21-11-2-3-12-13(8-11)18-7-6-17-12/h2-8,10H,9,16H2,1H3,(H2,19,20,21,22)/t10-/m0/s1. The Hall–Kier alpha value is -2.80. The summed E-state index contributed by atoms with van der Waals surface area (Å²) >= 11 is 0. The zero-order chi connectivity index (χ0) is 15.4. The number of hydrogen-bond donors (Lipinski definition) is 3. The molecule has 0 aliphatic rings. The summed E-state index contributed by atoms with van der Waals surface area (Å²) in [6, 6.07) is 7.63. The summed E-state index contributed by atoms with van der Waals surface area (Å²) in [4.78, 5) is 17.1. The number of nitrogens with zero attached hydrogens (tertiary/aromatic N) is 4. The molecule has 2 heterocycles. The number of benzene rings is 1. The van der Waals surface area contributed by atoms with E-state index >= 15 is 0 Å². The van der Waals surface area contributed by atoms with Gasteiger partial charge in [0, 0.05) is 36.9 Å². The van der Waals surface area contributed by atoms with E-state index in [4.69, 9.17) is 5.73 Å². The fourth-order valence-corrected chi connectivity index (χ4v) is 1.95. The van der Waals surface area contributed by atoms with Crippen LogP contribution >= 0.6 is 0 Å². The molecule has 4 N–H and O–H groups in total. The monoisotopic (exact) mass is 295 g/mol. The van der Waals surface area contributed by atoms with Crippen LogP contribution in [0.15, 0.2) is 42.9 Å². The highest BCUT2D eigenvalue weighted by Crippen LogP contribution is 2.19. The van der Waals surface area contributed by atoms with E-state index < -0.39 is 0 Å². The van der Waals surface area contributed by atoms with E-state index in [0.717, 1.165) is 16.7 Å². The molecule has 3 rings (SSSR count). The first-order valence-corrected chi connectivity index (χ1v) is 7.01. The maximum Gasteiger partial charge on any atom is 0.224 e. The molecule has 7 nitrogen and oxygen atoms in total. The van der Waals surface area contributed by atoms with Crippen LogP contribution in [0.2, 0.25) is 0 Å². The molecular formula is C15H17N7. The van der Waals surface area contributed by atoms with E-state index in [0.29, 0.717) is 18.3 Å². The van der Waals surface area contributed by atoms with E-state index in [9.17, 15) is 0 Å². The molecule has 7 heteroatoms. The highest BCUT2D eigenvalue weighted by atomic mass is 15.1. The van der Waals surface area contributed by atoms with E-state index in [-0.39, 0.29) is 6.04 Å². The van der Waals surface area contributed by atoms with Gasteiger partial charge in [-0.15, -0.1) is 0 Å². The maximum atomic E-state index is 5.71. The molecule has 1 atom stereocenters. The molecule has 1 aromatic carbocycles. The first kappa shape index (κ1) is 14.2. The van der Waals surface area contributed by atoms with Crippen LogP contribution in [0, 0.1) is 0 Å². The predicted octanol–water partition coefficient (Wildman–Crippen LogP) is 1.92. The number of fused-ring (bicyclic) bond motifs is 1. The second-order valence-electron chi connectivity index (χ2n) is 5.01. The predicted molar refractivity (Wildman–Crippen MR) is 87.0 cm³/mol. The van der Waals surface area contributed by atoms with E-state index in [2.05, 4.69) is 30.6 Å². The summed E-state index contributed by atoms with van der Waals surface area (Å²) in [6.45, 7) is 2.54. The Morgan fingerprint density at radius 1 is 1.05 bits per heavy atom. The molecule has 3 aromatic rings. The summed E-state index contributed by atoms with van der Waals surface area (Å²) in [6.07, 6.45) is 5.04. The maximum absolute atomic E-state index is 5.71. The van der Waals surface area contributed by atoms with Gasteiger partial charge in [0.2, 0.25) is 5.95 Å². The molecule has 0 saturated carbocycles. The third-order valence-electron chi connectivity index (χ3n) is 2.98. The van der Waals surface area contributed by atoms with Crippen molar-refractivity contribution in [1.29, 1.82) is 0 Å². The van der Waals surface area contributed by atoms with Crippen LogP contribution in [-0.2, 0) is 0 Å². The molecule has 0 saturated heterocycles. The molecule has 22 heavy (non-hydrogen) atoms. The van der Waals surface area contributed by atoms with Gasteiger partial charge >= 0.3 is 0 Å². The minimum absolute atomic E-state index is 0.0410. The average molecular weight is 295 g/mol. The van der Waals surface area contributed by atoms with Gasteiger partial charge in [-0.3, -0.25) is 9.97 Å². The van der Waals surface area contributed by atoms with Crippen LogP contribution in [0.25, 0.3) is 11.0 Å². The van der Waals surface area contributed by atoms with Crippen LogP contribution in [0.3, 0.4) is 0 Å². The molecule has 0 bridgehead atoms. The van der Waals surface area contributed by atoms with Crippen LogP contribution in [0.1, 0.15) is 6.92 Å². The smallest absolute Gasteiger partial charge is 0.224 e. The molecule has 2 aromatic heterocycles. The van der Waals surface area contributed by atoms with Crippen molar-refractivity contribution in [3.05, 3.63) is 42.9 Å². The van der Waals surface area contributed by atoms with Crippen molar-refractivity contribution in [2.24, 2.45) is 5.73 Å². The summed E-state index contributed by atoms with van der Waals surface area (Å²) in [5, 5.41) is 6.32. The first-order valence-electron chi connectivity index (χ1n) is 7.01. The van der Waals surface area contributed by atoms with Gasteiger partial charge in [0.15, 0.2) is 0 Å². The Kier molecular flexibility index (Phi) is 4.06. The third kappa shape index (κ3) is 3.44. The van der Waals surface area contributed by atoms with E-state index in [1.54, 1.807) is 24.7 Å². The molecule has 0 aliphatic heterocycles. The highest BCUT2D eigenvalue weighted by Gasteiger charge is 2.02. The molecule has 0 spiro atoms. The lowest BCUT2D eigenvalue weighted by Gasteiger charge is -2.10. The Balaban J connectivity index is 1.77. The molecule has 0 fully saturated rings. The summed E-state index contributed by atoms with van der Waals surface area (Å²) in [7, 11) is 0. The second-order valence-corrected chi connectivity index (χ2v) is 5.01. The van der Waals surface area contributed by atoms with Gasteiger partial charge in [-0.25, -0.2) is 4.98 Å². The van der Waals surface area contributed by atoms with Crippen LogP contribution in [-0.4, -0.2) is 32.5 Å². The number of hydrogen-bond acceptors (Lipinski definition) is 7. The summed E-state index contributed by atoms with van der Waals surface area (Å²) in [5.41, 5.74) is 8.29. The lowest BCUT2D eigenvalue weighted by atomic mass is 10.2. The normalized spacial score (nSPS) is 12.1. The van der Waals surface area contributed by atoms with Crippen LogP contribution in [0.5, 0.6) is 0 Å². The SMILES string of the molecule is C[C@H](N)CNc1nccc(Nc2ccc3nccnc3c2)n1. The number of nitrogens with one attached hydrogen (secondary N) is 2. The Morgan fingerprint density at radius 2 is 1.86 bits per heavy atom. The fraction of sp³-hybridized carbons (Fsp3) is 0.200. The lowest BCUT2D eigenvalue weighted by molar-refractivity contribution is 0.773. The van der Waals surface area contributed by atoms with E-state index in [1.807, 2.05) is 25.1 Å². The Labute approximate surface area is 128 Å². The van der Waals surface area contributed by atoms with Gasteiger partial charge in [0.25, 0.3) is 0 Å². The van der Waals surface area contributed by atoms with Gasteiger partial charge in [-0.2, -0.15) is 4.98 Å². The van der Waals surface area contributed by atoms with Crippen molar-refractivity contribution in [2.75, 3.05) is 17.2 Å². The molecule has 0 aliphatic carbocycles. The van der Waals surface area contributed by atoms with Crippen molar-refractivity contribution >= 4 is 28.5 Å². The summed E-state index contributed by atoms with van der Waals surface area (Å²) in [5.74, 6) is 1.24. The first-order chi connectivity index (χ1) is 10.7. The minimum atomic E-state index is 0.0410. The average Bonchev–Trinajstić information content (AvgIpc) is 2.53. The zero-order valence-electron chi connectivity index (χ0n) is 12.2. The number of rotatable bonds is 5. The number of anilines is 3. The quantitative estimate of drug-likeness (QED) is 0.661.